The number of benzene rings is 1. The molecule has 228 valence electrons. The minimum atomic E-state index is -0.599. The Balaban J connectivity index is 1.14. The van der Waals surface area contributed by atoms with Gasteiger partial charge in [-0.2, -0.15) is 4.99 Å². The number of carbonyl (C=O) groups excluding carboxylic acids is 2. The quantitative estimate of drug-likeness (QED) is 0.391. The van der Waals surface area contributed by atoms with E-state index in [1.165, 1.54) is 11.3 Å². The fourth-order valence-electron chi connectivity index (χ4n) is 6.33. The summed E-state index contributed by atoms with van der Waals surface area (Å²) in [6.45, 7) is 12.0. The van der Waals surface area contributed by atoms with Gasteiger partial charge in [0.15, 0.2) is 0 Å². The van der Waals surface area contributed by atoms with Crippen LogP contribution in [-0.4, -0.2) is 66.7 Å². The van der Waals surface area contributed by atoms with Gasteiger partial charge in [0.2, 0.25) is 0 Å². The van der Waals surface area contributed by atoms with Crippen LogP contribution in [0.25, 0.3) is 10.2 Å². The summed E-state index contributed by atoms with van der Waals surface area (Å²) < 4.78 is 17.9. The highest BCUT2D eigenvalue weighted by Gasteiger charge is 2.53. The van der Waals surface area contributed by atoms with Crippen molar-refractivity contribution >= 4 is 51.1 Å². The van der Waals surface area contributed by atoms with Crippen LogP contribution < -0.4 is 20.7 Å². The molecule has 0 radical (unpaired) electrons. The average Bonchev–Trinajstić information content (AvgIpc) is 3.61. The fourth-order valence-corrected chi connectivity index (χ4v) is 7.37. The van der Waals surface area contributed by atoms with Crippen LogP contribution in [-0.2, 0) is 15.9 Å². The van der Waals surface area contributed by atoms with Gasteiger partial charge in [0.25, 0.3) is 5.91 Å². The van der Waals surface area contributed by atoms with Crippen molar-refractivity contribution in [3.63, 3.8) is 0 Å². The molecular formula is C32H39N5O5S. The molecule has 2 aromatic heterocycles. The van der Waals surface area contributed by atoms with E-state index in [9.17, 15) is 9.59 Å². The Morgan fingerprint density at radius 2 is 2.09 bits per heavy atom. The lowest BCUT2D eigenvalue weighted by atomic mass is 9.81. The zero-order chi connectivity index (χ0) is 30.5. The molecule has 3 aliphatic heterocycles. The van der Waals surface area contributed by atoms with Crippen molar-refractivity contribution in [2.24, 2.45) is 16.8 Å². The van der Waals surface area contributed by atoms with E-state index >= 15 is 0 Å². The third-order valence-corrected chi connectivity index (χ3v) is 9.70. The summed E-state index contributed by atoms with van der Waals surface area (Å²) in [5.41, 5.74) is 8.69. The number of nitrogens with one attached hydrogen (secondary N) is 1. The first kappa shape index (κ1) is 29.4. The molecule has 3 aliphatic rings. The molecule has 0 saturated carbocycles. The van der Waals surface area contributed by atoms with Crippen LogP contribution in [0.2, 0.25) is 0 Å². The summed E-state index contributed by atoms with van der Waals surface area (Å²) in [6.07, 6.45) is 2.75. The highest BCUT2D eigenvalue weighted by Crippen LogP contribution is 2.45. The van der Waals surface area contributed by atoms with E-state index in [0.717, 1.165) is 39.3 Å². The molecule has 0 bridgehead atoms. The number of nitrogen functional groups attached to an aromatic ring is 1. The SMILES string of the molecule is Cc1ccc2c(N)c(C(=O)N[C@H]3COc4cc(N5CC(C=NC(=O)OC(C)(C)C)[C@]6(C5)OCC[C@@H]6C)ccc4C3)sc2n1. The van der Waals surface area contributed by atoms with Gasteiger partial charge >= 0.3 is 6.09 Å². The number of carbonyl (C=O) groups is 2. The van der Waals surface area contributed by atoms with Crippen molar-refractivity contribution in [1.29, 1.82) is 0 Å². The van der Waals surface area contributed by atoms with Gasteiger partial charge in [0, 0.05) is 54.7 Å². The maximum absolute atomic E-state index is 13.1. The van der Waals surface area contributed by atoms with Crippen molar-refractivity contribution < 1.29 is 23.8 Å². The van der Waals surface area contributed by atoms with Crippen molar-refractivity contribution in [3.05, 3.63) is 46.5 Å². The first-order valence-corrected chi connectivity index (χ1v) is 15.6. The number of fused-ring (bicyclic) bond motifs is 2. The first-order chi connectivity index (χ1) is 20.4. The molecule has 3 aromatic rings. The van der Waals surface area contributed by atoms with Crippen LogP contribution in [0.5, 0.6) is 5.75 Å². The maximum atomic E-state index is 13.1. The largest absolute Gasteiger partial charge is 0.491 e. The molecule has 1 aromatic carbocycles. The van der Waals surface area contributed by atoms with Crippen LogP contribution in [0, 0.1) is 18.8 Å². The fraction of sp³-hybridized carbons (Fsp3) is 0.500. The molecule has 5 heterocycles. The maximum Gasteiger partial charge on any atom is 0.433 e. The van der Waals surface area contributed by atoms with Gasteiger partial charge in [0.1, 0.15) is 27.7 Å². The van der Waals surface area contributed by atoms with Gasteiger partial charge in [-0.3, -0.25) is 4.79 Å². The van der Waals surface area contributed by atoms with Gasteiger partial charge in [-0.05, 0) is 70.2 Å². The van der Waals surface area contributed by atoms with Gasteiger partial charge in [0.05, 0.1) is 17.3 Å². The Morgan fingerprint density at radius 1 is 1.28 bits per heavy atom. The van der Waals surface area contributed by atoms with Crippen molar-refractivity contribution in [2.45, 2.75) is 64.7 Å². The predicted octanol–water partition coefficient (Wildman–Crippen LogP) is 5.16. The topological polar surface area (TPSA) is 128 Å². The number of aliphatic imine (C=N–C) groups is 1. The van der Waals surface area contributed by atoms with E-state index in [1.54, 1.807) is 6.21 Å². The summed E-state index contributed by atoms with van der Waals surface area (Å²) in [6, 6.07) is 9.85. The van der Waals surface area contributed by atoms with Gasteiger partial charge in [-0.1, -0.05) is 13.0 Å². The summed E-state index contributed by atoms with van der Waals surface area (Å²) in [5, 5.41) is 3.91. The molecular weight excluding hydrogens is 566 g/mol. The van der Waals surface area contributed by atoms with E-state index in [4.69, 9.17) is 19.9 Å². The Labute approximate surface area is 255 Å². The molecule has 3 N–H and O–H groups in total. The lowest BCUT2D eigenvalue weighted by Crippen LogP contribution is -2.43. The van der Waals surface area contributed by atoms with Crippen molar-refractivity contribution in [3.8, 4) is 5.75 Å². The summed E-state index contributed by atoms with van der Waals surface area (Å²) in [4.78, 5) is 37.7. The number of anilines is 2. The second-order valence-electron chi connectivity index (χ2n) is 12.9. The second-order valence-corrected chi connectivity index (χ2v) is 13.9. The predicted molar refractivity (Wildman–Crippen MR) is 169 cm³/mol. The van der Waals surface area contributed by atoms with Crippen molar-refractivity contribution in [2.75, 3.05) is 36.9 Å². The number of hydrogen-bond donors (Lipinski definition) is 2. The highest BCUT2D eigenvalue weighted by atomic mass is 32.1. The zero-order valence-corrected chi connectivity index (χ0v) is 26.1. The van der Waals surface area contributed by atoms with E-state index in [1.807, 2.05) is 39.8 Å². The molecule has 2 saturated heterocycles. The third kappa shape index (κ3) is 5.80. The average molecular weight is 606 g/mol. The summed E-state index contributed by atoms with van der Waals surface area (Å²) in [7, 11) is 0. The number of amides is 2. The van der Waals surface area contributed by atoms with E-state index in [-0.39, 0.29) is 17.9 Å². The Hall–Kier alpha value is -3.70. The summed E-state index contributed by atoms with van der Waals surface area (Å²) >= 11 is 1.31. The molecule has 0 aliphatic carbocycles. The van der Waals surface area contributed by atoms with Gasteiger partial charge in [-0.15, -0.1) is 11.3 Å². The second kappa shape index (κ2) is 11.1. The Bertz CT molecular complexity index is 1600. The third-order valence-electron chi connectivity index (χ3n) is 8.59. The lowest BCUT2D eigenvalue weighted by molar-refractivity contribution is -0.0154. The number of aryl methyl sites for hydroxylation is 1. The standard InChI is InChI=1S/C32H39N5O5S/c1-18-10-11-41-32(18)17-37(15-21(32)14-34-30(39)42-31(3,4)5)23-8-7-20-12-22(16-40-25(20)13-23)36-28(38)27-26(33)24-9-6-19(2)35-29(24)43-27/h6-9,13-14,18,21-22H,10-12,15-17,33H2,1-5H3,(H,36,38)/t18-,21?,22+,32+/m0/s1. The van der Waals surface area contributed by atoms with E-state index in [2.05, 4.69) is 45.3 Å². The van der Waals surface area contributed by atoms with Crippen LogP contribution in [0.1, 0.15) is 55.0 Å². The molecule has 1 unspecified atom stereocenters. The van der Waals surface area contributed by atoms with Crippen LogP contribution in [0.4, 0.5) is 16.2 Å². The number of nitrogens with zero attached hydrogens (tertiary/aromatic N) is 3. The minimum Gasteiger partial charge on any atom is -0.491 e. The first-order valence-electron chi connectivity index (χ1n) is 14.8. The molecule has 43 heavy (non-hydrogen) atoms. The molecule has 10 nitrogen and oxygen atoms in total. The molecule has 1 spiro atoms. The monoisotopic (exact) mass is 605 g/mol. The number of thiophene rings is 1. The van der Waals surface area contributed by atoms with E-state index in [0.29, 0.717) is 49.2 Å². The van der Waals surface area contributed by atoms with Crippen molar-refractivity contribution in [1.82, 2.24) is 10.3 Å². The molecule has 2 amide bonds. The number of aromatic nitrogens is 1. The summed E-state index contributed by atoms with van der Waals surface area (Å²) in [5.74, 6) is 0.860. The number of hydrogen-bond acceptors (Lipinski definition) is 9. The Morgan fingerprint density at radius 3 is 2.84 bits per heavy atom. The molecule has 6 rings (SSSR count). The highest BCUT2D eigenvalue weighted by molar-refractivity contribution is 7.21. The van der Waals surface area contributed by atoms with Gasteiger partial charge < -0.3 is 30.2 Å². The zero-order valence-electron chi connectivity index (χ0n) is 25.3. The lowest BCUT2D eigenvalue weighted by Gasteiger charge is -2.32. The normalized spacial score (nSPS) is 25.3. The van der Waals surface area contributed by atoms with Gasteiger partial charge in [-0.25, -0.2) is 9.78 Å². The minimum absolute atomic E-state index is 0.0606. The number of rotatable bonds is 4. The molecule has 4 atom stereocenters. The van der Waals surface area contributed by atoms with Crippen LogP contribution in [0.15, 0.2) is 35.3 Å². The number of pyridine rings is 1. The molecule has 11 heteroatoms. The number of nitrogens with two attached hydrogens (primary N) is 1. The van der Waals surface area contributed by atoms with Crippen LogP contribution >= 0.6 is 11.3 Å². The van der Waals surface area contributed by atoms with E-state index < -0.39 is 17.3 Å². The molecule has 2 fully saturated rings. The Kier molecular flexibility index (Phi) is 7.58. The van der Waals surface area contributed by atoms with Crippen LogP contribution in [0.3, 0.4) is 0 Å². The smallest absolute Gasteiger partial charge is 0.433 e. The number of ether oxygens (including phenoxy) is 3.